The molecular weight excluding hydrogens is 548 g/mol. The fourth-order valence-electron chi connectivity index (χ4n) is 11.1. The van der Waals surface area contributed by atoms with Crippen LogP contribution < -0.4 is 0 Å². The van der Waals surface area contributed by atoms with Gasteiger partial charge in [0.25, 0.3) is 0 Å². The molecule has 4 fully saturated rings. The fraction of sp³-hybridized carbons (Fsp3) is 0.857. The number of hydrogen-bond acceptors (Lipinski definition) is 7. The largest absolute Gasteiger partial charge is 0.481 e. The molecule has 0 aliphatic heterocycles. The van der Waals surface area contributed by atoms with Crippen molar-refractivity contribution < 1.29 is 39.2 Å². The summed E-state index contributed by atoms with van der Waals surface area (Å²) < 4.78 is 11.9. The quantitative estimate of drug-likeness (QED) is 0.169. The summed E-state index contributed by atoms with van der Waals surface area (Å²) in [6.07, 6.45) is 6.69. The minimum Gasteiger partial charge on any atom is -0.481 e. The molecule has 4 rings (SSSR count). The Kier molecular flexibility index (Phi) is 8.80. The van der Waals surface area contributed by atoms with Crippen LogP contribution in [0.15, 0.2) is 11.6 Å². The van der Waals surface area contributed by atoms with Gasteiger partial charge in [-0.3, -0.25) is 14.4 Å². The van der Waals surface area contributed by atoms with Gasteiger partial charge in [0.1, 0.15) is 18.6 Å². The van der Waals surface area contributed by atoms with Crippen LogP contribution in [0.1, 0.15) is 127 Å². The van der Waals surface area contributed by atoms with Gasteiger partial charge in [-0.05, 0) is 107 Å². The number of hydrogen-bond donors (Lipinski definition) is 3. The van der Waals surface area contributed by atoms with Crippen molar-refractivity contribution in [1.82, 2.24) is 0 Å². The maximum Gasteiger partial charge on any atom is 0.317 e. The smallest absolute Gasteiger partial charge is 0.317 e. The first kappa shape index (κ1) is 34.0. The first-order valence-electron chi connectivity index (χ1n) is 16.3. The summed E-state index contributed by atoms with van der Waals surface area (Å²) in [5.74, 6) is -2.28. The predicted octanol–water partition coefficient (Wildman–Crippen LogP) is 6.21. The van der Waals surface area contributed by atoms with Crippen molar-refractivity contribution in [1.29, 1.82) is 0 Å². The van der Waals surface area contributed by atoms with Gasteiger partial charge in [-0.2, -0.15) is 0 Å². The number of ether oxygens (including phenoxy) is 2. The van der Waals surface area contributed by atoms with Crippen molar-refractivity contribution in [2.75, 3.05) is 0 Å². The molecule has 0 aromatic rings. The van der Waals surface area contributed by atoms with E-state index < -0.39 is 41.6 Å². The van der Waals surface area contributed by atoms with Crippen molar-refractivity contribution in [3.05, 3.63) is 11.6 Å². The molecule has 10 atom stereocenters. The van der Waals surface area contributed by atoms with E-state index in [0.29, 0.717) is 32.1 Å². The molecule has 0 bridgehead atoms. The number of esters is 2. The minimum absolute atomic E-state index is 0.148. The van der Waals surface area contributed by atoms with Gasteiger partial charge in [-0.15, -0.1) is 0 Å². The van der Waals surface area contributed by atoms with E-state index in [1.807, 2.05) is 13.8 Å². The number of carbonyl (C=O) groups excluding carboxylic acids is 2. The summed E-state index contributed by atoms with van der Waals surface area (Å²) in [4.78, 5) is 36.1. The number of allylic oxidation sites excluding steroid dienone is 2. The van der Waals surface area contributed by atoms with E-state index >= 15 is 0 Å². The molecule has 2 unspecified atom stereocenters. The molecule has 4 aliphatic rings. The number of carboxylic acids is 1. The van der Waals surface area contributed by atoms with Gasteiger partial charge in [0.05, 0.1) is 11.2 Å². The average molecular weight is 605 g/mol. The van der Waals surface area contributed by atoms with Crippen molar-refractivity contribution in [3.8, 4) is 0 Å². The maximum atomic E-state index is 12.6. The molecule has 0 radical (unpaired) electrons. The summed E-state index contributed by atoms with van der Waals surface area (Å²) in [6, 6.07) is 0. The number of carbonyl (C=O) groups is 3. The van der Waals surface area contributed by atoms with Gasteiger partial charge < -0.3 is 24.8 Å². The summed E-state index contributed by atoms with van der Waals surface area (Å²) in [6.45, 7) is 18.5. The highest BCUT2D eigenvalue weighted by molar-refractivity contribution is 5.90. The monoisotopic (exact) mass is 604 g/mol. The molecule has 0 aromatic heterocycles. The minimum atomic E-state index is -1.40. The van der Waals surface area contributed by atoms with E-state index in [4.69, 9.17) is 14.6 Å². The highest BCUT2D eigenvalue weighted by atomic mass is 16.5. The maximum absolute atomic E-state index is 12.6. The van der Waals surface area contributed by atoms with Crippen LogP contribution in [0.25, 0.3) is 0 Å². The zero-order chi connectivity index (χ0) is 32.4. The summed E-state index contributed by atoms with van der Waals surface area (Å²) in [5, 5.41) is 33.6. The Balaban J connectivity index is 1.72. The Bertz CT molecular complexity index is 1150. The lowest BCUT2D eigenvalue weighted by molar-refractivity contribution is -0.274. The molecule has 3 N–H and O–H groups in total. The Labute approximate surface area is 258 Å². The van der Waals surface area contributed by atoms with Crippen LogP contribution in [-0.2, 0) is 23.9 Å². The lowest BCUT2D eigenvalue weighted by Gasteiger charge is -2.71. The molecule has 0 spiro atoms. The number of aliphatic carboxylic acids is 1. The zero-order valence-corrected chi connectivity index (χ0v) is 27.9. The molecule has 0 saturated heterocycles. The molecule has 0 heterocycles. The summed E-state index contributed by atoms with van der Waals surface area (Å²) in [7, 11) is 0. The second-order valence-corrected chi connectivity index (χ2v) is 16.3. The van der Waals surface area contributed by atoms with Crippen LogP contribution in [0.2, 0.25) is 0 Å². The van der Waals surface area contributed by atoms with Crippen LogP contribution in [0.3, 0.4) is 0 Å². The zero-order valence-electron chi connectivity index (χ0n) is 27.9. The first-order chi connectivity index (χ1) is 19.7. The second kappa shape index (κ2) is 11.1. The van der Waals surface area contributed by atoms with Gasteiger partial charge in [-0.25, -0.2) is 0 Å². The Morgan fingerprint density at radius 1 is 0.907 bits per heavy atom. The molecule has 0 amide bonds. The Morgan fingerprint density at radius 3 is 2.14 bits per heavy atom. The number of aliphatic hydroxyl groups is 2. The topological polar surface area (TPSA) is 130 Å². The third kappa shape index (κ3) is 5.36. The predicted molar refractivity (Wildman–Crippen MR) is 163 cm³/mol. The van der Waals surface area contributed by atoms with Crippen molar-refractivity contribution in [2.24, 2.45) is 39.4 Å². The third-order valence-corrected chi connectivity index (χ3v) is 13.4. The van der Waals surface area contributed by atoms with Crippen LogP contribution in [0, 0.1) is 39.4 Å². The van der Waals surface area contributed by atoms with Crippen LogP contribution in [0.4, 0.5) is 0 Å². The van der Waals surface area contributed by atoms with Gasteiger partial charge in [0.2, 0.25) is 0 Å². The highest BCUT2D eigenvalue weighted by Gasteiger charge is 2.75. The molecule has 244 valence electrons. The molecular formula is C35H56O8. The summed E-state index contributed by atoms with van der Waals surface area (Å²) in [5.41, 5.74) is -2.67. The molecule has 4 aliphatic carbocycles. The van der Waals surface area contributed by atoms with Gasteiger partial charge >= 0.3 is 17.9 Å². The van der Waals surface area contributed by atoms with Crippen LogP contribution in [0.5, 0.6) is 0 Å². The SMILES string of the molecule is CC(=O)OC1C[C@@H]2[C@@]3(C)CCC(OC(=O)CC(=O)O)C(C)(C)[C@@H]3CC[C@@]2(C)[C@]2(C)CC[C@](O)([C@@](C)(O)CCC=C(C)C)[C@@H]12. The van der Waals surface area contributed by atoms with E-state index in [1.165, 1.54) is 12.5 Å². The number of fused-ring (bicyclic) bond motifs is 5. The fourth-order valence-corrected chi connectivity index (χ4v) is 11.1. The Hall–Kier alpha value is -1.93. The van der Waals surface area contributed by atoms with E-state index in [9.17, 15) is 24.6 Å². The van der Waals surface area contributed by atoms with E-state index in [0.717, 1.165) is 25.7 Å². The number of carboxylic acid groups (broad SMARTS) is 1. The second-order valence-electron chi connectivity index (χ2n) is 16.3. The standard InChI is InChI=1S/C35H56O8/c1-21(2)11-10-14-34(9,40)35(41)18-17-33(8)29(35)23(42-22(3)36)19-25-31(6)15-13-26(43-28(39)20-27(37)38)30(4,5)24(31)12-16-32(25,33)7/h11,23-26,29,40-41H,10,12-20H2,1-9H3,(H,37,38)/t23?,24-,25+,26?,29-,31-,32+,33+,34-,35+/m0/s1. The molecule has 4 saturated carbocycles. The van der Waals surface area contributed by atoms with Gasteiger partial charge in [-0.1, -0.05) is 46.3 Å². The van der Waals surface area contributed by atoms with E-state index in [1.54, 1.807) is 6.92 Å². The first-order valence-corrected chi connectivity index (χ1v) is 16.3. The van der Waals surface area contributed by atoms with Crippen molar-refractivity contribution in [2.45, 2.75) is 150 Å². The highest BCUT2D eigenvalue weighted by Crippen LogP contribution is 2.76. The molecule has 43 heavy (non-hydrogen) atoms. The third-order valence-electron chi connectivity index (χ3n) is 13.4. The lowest BCUT2D eigenvalue weighted by atomic mass is 9.35. The van der Waals surface area contributed by atoms with Gasteiger partial charge in [0.15, 0.2) is 0 Å². The van der Waals surface area contributed by atoms with Crippen molar-refractivity contribution >= 4 is 17.9 Å². The lowest BCUT2D eigenvalue weighted by Crippen LogP contribution is -2.70. The molecule has 8 nitrogen and oxygen atoms in total. The van der Waals surface area contributed by atoms with Crippen LogP contribution in [-0.4, -0.2) is 56.6 Å². The summed E-state index contributed by atoms with van der Waals surface area (Å²) >= 11 is 0. The molecule has 0 aromatic carbocycles. The van der Waals surface area contributed by atoms with Crippen LogP contribution >= 0.6 is 0 Å². The number of rotatable bonds is 8. The normalized spacial score (nSPS) is 42.8. The van der Waals surface area contributed by atoms with E-state index in [2.05, 4.69) is 40.7 Å². The Morgan fingerprint density at radius 2 is 1.56 bits per heavy atom. The van der Waals surface area contributed by atoms with E-state index in [-0.39, 0.29) is 45.6 Å². The van der Waals surface area contributed by atoms with Gasteiger partial charge in [0, 0.05) is 18.3 Å². The average Bonchev–Trinajstić information content (AvgIpc) is 3.15. The molecule has 8 heteroatoms. The van der Waals surface area contributed by atoms with Crippen molar-refractivity contribution in [3.63, 3.8) is 0 Å².